The molecular formula is C32H34ClN5O7. The van der Waals surface area contributed by atoms with Gasteiger partial charge in [-0.3, -0.25) is 9.59 Å². The predicted octanol–water partition coefficient (Wildman–Crippen LogP) is 3.63. The van der Waals surface area contributed by atoms with Crippen LogP contribution in [0.4, 0.5) is 0 Å². The van der Waals surface area contributed by atoms with Gasteiger partial charge in [0.2, 0.25) is 12.7 Å². The average molecular weight is 636 g/mol. The van der Waals surface area contributed by atoms with E-state index in [0.717, 1.165) is 16.7 Å². The number of aliphatic hydroxyl groups is 1. The number of nitrogens with two attached hydrogens (primary N) is 1. The first kappa shape index (κ1) is 33.1. The molecule has 12 nitrogen and oxygen atoms in total. The van der Waals surface area contributed by atoms with Gasteiger partial charge < -0.3 is 30.7 Å². The van der Waals surface area contributed by atoms with Crippen LogP contribution in [0, 0.1) is 5.92 Å². The number of nitrogens with one attached hydrogen (secondary N) is 1. The average Bonchev–Trinajstić information content (AvgIpc) is 3.45. The molecule has 5 N–H and O–H groups in total. The number of amides is 1. The Balaban J connectivity index is 1.52. The third kappa shape index (κ3) is 9.11. The van der Waals surface area contributed by atoms with Crippen LogP contribution in [0.15, 0.2) is 79.0 Å². The fourth-order valence-electron chi connectivity index (χ4n) is 4.35. The van der Waals surface area contributed by atoms with Gasteiger partial charge in [0.15, 0.2) is 17.6 Å². The van der Waals surface area contributed by atoms with Crippen molar-refractivity contribution >= 4 is 29.4 Å². The number of aliphatic carboxylic acids is 1. The van der Waals surface area contributed by atoms with Crippen LogP contribution in [0.3, 0.4) is 0 Å². The highest BCUT2D eigenvalue weighted by Crippen LogP contribution is 2.24. The van der Waals surface area contributed by atoms with E-state index in [1.807, 2.05) is 42.5 Å². The van der Waals surface area contributed by atoms with E-state index >= 15 is 0 Å². The van der Waals surface area contributed by atoms with E-state index in [2.05, 4.69) is 15.4 Å². The summed E-state index contributed by atoms with van der Waals surface area (Å²) in [6.07, 6.45) is -0.211. The maximum atomic E-state index is 13.4. The van der Waals surface area contributed by atoms with Crippen molar-refractivity contribution in [3.63, 3.8) is 0 Å². The molecule has 2 aromatic heterocycles. The molecule has 0 saturated carbocycles. The van der Waals surface area contributed by atoms with Crippen LogP contribution in [0.2, 0.25) is 5.02 Å². The van der Waals surface area contributed by atoms with Gasteiger partial charge in [-0.25, -0.2) is 9.78 Å². The maximum Gasteiger partial charge on any atom is 0.332 e. The van der Waals surface area contributed by atoms with Crippen molar-refractivity contribution in [2.75, 3.05) is 6.79 Å². The van der Waals surface area contributed by atoms with Gasteiger partial charge in [0.1, 0.15) is 6.04 Å². The summed E-state index contributed by atoms with van der Waals surface area (Å²) in [4.78, 5) is 41.3. The maximum absolute atomic E-state index is 13.4. The third-order valence-corrected chi connectivity index (χ3v) is 7.13. The number of nitrogens with zero attached hydrogens (tertiary/aromatic N) is 3. The summed E-state index contributed by atoms with van der Waals surface area (Å²) in [6, 6.07) is 19.7. The lowest BCUT2D eigenvalue weighted by Gasteiger charge is -2.20. The molecule has 13 heteroatoms. The number of carbonyl (C=O) groups is 3. The minimum Gasteiger partial charge on any atom is -0.479 e. The summed E-state index contributed by atoms with van der Waals surface area (Å²) in [6.45, 7) is 3.08. The Morgan fingerprint density at radius 1 is 1.02 bits per heavy atom. The minimum absolute atomic E-state index is 0.0588. The number of halogens is 1. The van der Waals surface area contributed by atoms with Crippen LogP contribution in [-0.4, -0.2) is 67.8 Å². The van der Waals surface area contributed by atoms with E-state index in [-0.39, 0.29) is 30.3 Å². The number of rotatable bonds is 14. The first-order valence-corrected chi connectivity index (χ1v) is 14.5. The third-order valence-electron chi connectivity index (χ3n) is 6.90. The molecule has 0 radical (unpaired) electrons. The van der Waals surface area contributed by atoms with Gasteiger partial charge in [-0.2, -0.15) is 9.78 Å². The Morgan fingerprint density at radius 3 is 2.42 bits per heavy atom. The largest absolute Gasteiger partial charge is 0.479 e. The Hall–Kier alpha value is -4.78. The Labute approximate surface area is 264 Å². The van der Waals surface area contributed by atoms with Crippen molar-refractivity contribution in [2.45, 2.75) is 44.9 Å². The molecule has 0 aliphatic rings. The summed E-state index contributed by atoms with van der Waals surface area (Å²) in [5, 5.41) is 27.2. The second-order valence-corrected chi connectivity index (χ2v) is 11.1. The van der Waals surface area contributed by atoms with E-state index in [1.54, 1.807) is 38.1 Å². The molecule has 0 unspecified atom stereocenters. The number of carbonyl (C=O) groups excluding carboxylic acids is 2. The summed E-state index contributed by atoms with van der Waals surface area (Å²) in [7, 11) is 0. The molecule has 0 fully saturated rings. The molecule has 236 valence electrons. The van der Waals surface area contributed by atoms with Crippen molar-refractivity contribution in [3.8, 4) is 22.8 Å². The fraction of sp³-hybridized carbons (Fsp3) is 0.281. The number of aromatic nitrogens is 3. The van der Waals surface area contributed by atoms with Crippen LogP contribution in [-0.2, 0) is 20.7 Å². The second-order valence-electron chi connectivity index (χ2n) is 10.6. The SMILES string of the molecule is CC(C)[C@H](N)C(=O)OCOc1cc(C(=O)N[C@H](Cc2ccc(-c3cccc(Cl)c3)cc2)C[C@@H](O)C(=O)O)nn1-c1ccccn1. The highest BCUT2D eigenvalue weighted by atomic mass is 35.5. The van der Waals surface area contributed by atoms with Gasteiger partial charge in [-0.05, 0) is 53.3 Å². The number of aliphatic hydroxyl groups excluding tert-OH is 1. The van der Waals surface area contributed by atoms with Gasteiger partial charge in [0, 0.05) is 29.7 Å². The molecular weight excluding hydrogens is 602 g/mol. The van der Waals surface area contributed by atoms with Crippen molar-refractivity contribution in [1.29, 1.82) is 0 Å². The van der Waals surface area contributed by atoms with Gasteiger partial charge >= 0.3 is 11.9 Å². The van der Waals surface area contributed by atoms with Crippen LogP contribution in [0.1, 0.15) is 36.3 Å². The number of pyridine rings is 1. The standard InChI is InChI=1S/C32H34ClN5O7/c1-19(2)29(34)32(43)45-18-44-28-17-25(37-38(28)27-8-3-4-13-35-27)30(40)36-24(16-26(39)31(41)42)14-20-9-11-21(12-10-20)22-6-5-7-23(33)15-22/h3-13,15,17,19,24,26,29,39H,14,16,18,34H2,1-2H3,(H,36,40)(H,41,42)/t24-,26-,29+/m1/s1. The number of ether oxygens (including phenoxy) is 2. The van der Waals surface area contributed by atoms with Crippen molar-refractivity contribution in [3.05, 3.63) is 95.3 Å². The zero-order chi connectivity index (χ0) is 32.5. The zero-order valence-electron chi connectivity index (χ0n) is 24.7. The number of benzene rings is 2. The molecule has 4 aromatic rings. The van der Waals surface area contributed by atoms with Gasteiger partial charge in [-0.15, -0.1) is 0 Å². The van der Waals surface area contributed by atoms with Crippen LogP contribution in [0.25, 0.3) is 16.9 Å². The fourth-order valence-corrected chi connectivity index (χ4v) is 4.54. The van der Waals surface area contributed by atoms with Crippen LogP contribution in [0.5, 0.6) is 5.88 Å². The summed E-state index contributed by atoms with van der Waals surface area (Å²) >= 11 is 6.12. The number of carboxylic acids is 1. The van der Waals surface area contributed by atoms with E-state index in [4.69, 9.17) is 26.8 Å². The Kier molecular flexibility index (Phi) is 11.3. The van der Waals surface area contributed by atoms with Crippen molar-refractivity contribution < 1.29 is 34.1 Å². The Morgan fingerprint density at radius 2 is 1.78 bits per heavy atom. The normalized spacial score (nSPS) is 13.1. The molecule has 0 aliphatic heterocycles. The monoisotopic (exact) mass is 635 g/mol. The topological polar surface area (TPSA) is 179 Å². The van der Waals surface area contributed by atoms with Crippen LogP contribution >= 0.6 is 11.6 Å². The number of carboxylic acid groups (broad SMARTS) is 1. The first-order valence-electron chi connectivity index (χ1n) is 14.1. The lowest BCUT2D eigenvalue weighted by molar-refractivity contribution is -0.153. The molecule has 2 heterocycles. The smallest absolute Gasteiger partial charge is 0.332 e. The zero-order valence-corrected chi connectivity index (χ0v) is 25.4. The molecule has 1 amide bonds. The number of esters is 1. The summed E-state index contributed by atoms with van der Waals surface area (Å²) < 4.78 is 12.0. The minimum atomic E-state index is -1.71. The van der Waals surface area contributed by atoms with Gasteiger partial charge in [0.05, 0.1) is 0 Å². The van der Waals surface area contributed by atoms with Gasteiger partial charge in [0.25, 0.3) is 5.91 Å². The number of hydrogen-bond acceptors (Lipinski definition) is 9. The second kappa shape index (κ2) is 15.3. The van der Waals surface area contributed by atoms with Crippen molar-refractivity contribution in [2.24, 2.45) is 11.7 Å². The van der Waals surface area contributed by atoms with Crippen molar-refractivity contribution in [1.82, 2.24) is 20.1 Å². The Bertz CT molecular complexity index is 1610. The molecule has 3 atom stereocenters. The molecule has 45 heavy (non-hydrogen) atoms. The highest BCUT2D eigenvalue weighted by molar-refractivity contribution is 6.30. The number of hydrogen-bond donors (Lipinski definition) is 4. The quantitative estimate of drug-likeness (QED) is 0.118. The predicted molar refractivity (Wildman–Crippen MR) is 166 cm³/mol. The lowest BCUT2D eigenvalue weighted by Crippen LogP contribution is -2.40. The molecule has 0 saturated heterocycles. The van der Waals surface area contributed by atoms with E-state index in [0.29, 0.717) is 10.8 Å². The van der Waals surface area contributed by atoms with E-state index in [9.17, 15) is 24.6 Å². The molecule has 2 aromatic carbocycles. The summed E-state index contributed by atoms with van der Waals surface area (Å²) in [5.41, 5.74) is 8.41. The van der Waals surface area contributed by atoms with Gasteiger partial charge in [-0.1, -0.05) is 67.9 Å². The van der Waals surface area contributed by atoms with Crippen LogP contribution < -0.4 is 15.8 Å². The van der Waals surface area contributed by atoms with E-state index in [1.165, 1.54) is 16.9 Å². The first-order chi connectivity index (χ1) is 21.5. The molecule has 0 bridgehead atoms. The highest BCUT2D eigenvalue weighted by Gasteiger charge is 2.25. The lowest BCUT2D eigenvalue weighted by atomic mass is 9.97. The summed E-state index contributed by atoms with van der Waals surface area (Å²) in [5.74, 6) is -2.45. The molecule has 0 spiro atoms. The van der Waals surface area contributed by atoms with E-state index < -0.39 is 42.8 Å². The molecule has 4 rings (SSSR count). The molecule has 0 aliphatic carbocycles.